The van der Waals surface area contributed by atoms with E-state index in [0.717, 1.165) is 50.1 Å². The van der Waals surface area contributed by atoms with Crippen molar-refractivity contribution in [3.63, 3.8) is 0 Å². The van der Waals surface area contributed by atoms with Crippen LogP contribution in [-0.4, -0.2) is 56.1 Å². The lowest BCUT2D eigenvalue weighted by Crippen LogP contribution is -2.35. The Morgan fingerprint density at radius 2 is 1.62 bits per heavy atom. The molecule has 1 aliphatic heterocycles. The van der Waals surface area contributed by atoms with Crippen LogP contribution in [0.2, 0.25) is 0 Å². The number of benzene rings is 1. The van der Waals surface area contributed by atoms with Crippen molar-refractivity contribution in [1.29, 1.82) is 0 Å². The summed E-state index contributed by atoms with van der Waals surface area (Å²) in [5.74, 6) is 2.67. The van der Waals surface area contributed by atoms with Crippen molar-refractivity contribution < 1.29 is 4.74 Å². The Labute approximate surface area is 199 Å². The van der Waals surface area contributed by atoms with E-state index in [-0.39, 0.29) is 0 Å². The smallest absolute Gasteiger partial charge is 0.180 e. The molecule has 0 unspecified atom stereocenters. The van der Waals surface area contributed by atoms with Crippen LogP contribution in [0.25, 0.3) is 11.5 Å². The molecule has 5 rings (SSSR count). The normalized spacial score (nSPS) is 14.1. The molecule has 8 nitrogen and oxygen atoms in total. The maximum Gasteiger partial charge on any atom is 0.180 e. The fourth-order valence-electron chi connectivity index (χ4n) is 3.94. The van der Waals surface area contributed by atoms with Gasteiger partial charge in [-0.2, -0.15) is 0 Å². The quantitative estimate of drug-likeness (QED) is 0.452. The van der Waals surface area contributed by atoms with Crippen molar-refractivity contribution in [2.75, 3.05) is 31.6 Å². The van der Waals surface area contributed by atoms with E-state index in [1.54, 1.807) is 12.4 Å². The molecule has 4 heterocycles. The number of morpholine rings is 1. The minimum absolute atomic E-state index is 0.570. The van der Waals surface area contributed by atoms with Crippen LogP contribution in [0.3, 0.4) is 0 Å². The van der Waals surface area contributed by atoms with E-state index in [1.807, 2.05) is 37.3 Å². The lowest BCUT2D eigenvalue weighted by molar-refractivity contribution is 0.0342. The number of anilines is 2. The highest BCUT2D eigenvalue weighted by molar-refractivity contribution is 5.56. The lowest BCUT2D eigenvalue weighted by Gasteiger charge is -2.26. The lowest BCUT2D eigenvalue weighted by atomic mass is 10.1. The van der Waals surface area contributed by atoms with Gasteiger partial charge in [0.25, 0.3) is 0 Å². The third kappa shape index (κ3) is 5.78. The van der Waals surface area contributed by atoms with Gasteiger partial charge in [0.05, 0.1) is 13.2 Å². The number of ether oxygens (including phenoxy) is 1. The number of aromatic nitrogens is 5. The Morgan fingerprint density at radius 1 is 0.853 bits per heavy atom. The molecule has 4 aromatic rings. The van der Waals surface area contributed by atoms with E-state index < -0.39 is 0 Å². The first kappa shape index (κ1) is 22.1. The Kier molecular flexibility index (Phi) is 6.78. The SMILES string of the molecule is Cc1cccc(-c2nccc(Nc3ccnc(Cc4cccc(CN5CCOCC5)c4)n3)n2)n1. The zero-order chi connectivity index (χ0) is 23.2. The van der Waals surface area contributed by atoms with Crippen LogP contribution in [0.15, 0.2) is 67.0 Å². The second-order valence-corrected chi connectivity index (χ2v) is 8.30. The predicted molar refractivity (Wildman–Crippen MR) is 131 cm³/mol. The number of nitrogens with one attached hydrogen (secondary N) is 1. The highest BCUT2D eigenvalue weighted by Crippen LogP contribution is 2.18. The third-order valence-corrected chi connectivity index (χ3v) is 5.60. The molecule has 1 aliphatic rings. The van der Waals surface area contributed by atoms with Crippen LogP contribution in [0.5, 0.6) is 0 Å². The molecule has 1 aromatic carbocycles. The van der Waals surface area contributed by atoms with Gasteiger partial charge >= 0.3 is 0 Å². The fraction of sp³-hybridized carbons (Fsp3) is 0.269. The molecule has 0 spiro atoms. The zero-order valence-electron chi connectivity index (χ0n) is 19.2. The minimum atomic E-state index is 0.570. The number of aryl methyl sites for hydroxylation is 1. The van der Waals surface area contributed by atoms with Gasteiger partial charge in [0.1, 0.15) is 23.2 Å². The first-order valence-corrected chi connectivity index (χ1v) is 11.5. The standard InChI is InChI=1S/C26H27N7O/c1-19-4-2-7-22(29-19)26-28-11-9-24(32-26)30-23-8-10-27-25(31-23)17-20-5-3-6-21(16-20)18-33-12-14-34-15-13-33/h2-11,16H,12-15,17-18H2,1H3,(H,27,28,30,31,32). The molecule has 0 bridgehead atoms. The highest BCUT2D eigenvalue weighted by Gasteiger charge is 2.11. The molecular weight excluding hydrogens is 426 g/mol. The molecule has 1 saturated heterocycles. The van der Waals surface area contributed by atoms with Crippen LogP contribution in [0.1, 0.15) is 22.6 Å². The summed E-state index contributed by atoms with van der Waals surface area (Å²) in [7, 11) is 0. The van der Waals surface area contributed by atoms with Crippen LogP contribution in [0.4, 0.5) is 11.6 Å². The van der Waals surface area contributed by atoms with Gasteiger partial charge < -0.3 is 10.1 Å². The second-order valence-electron chi connectivity index (χ2n) is 8.30. The van der Waals surface area contributed by atoms with E-state index in [9.17, 15) is 0 Å². The van der Waals surface area contributed by atoms with E-state index in [0.29, 0.717) is 23.9 Å². The Balaban J connectivity index is 1.27. The first-order chi connectivity index (χ1) is 16.7. The minimum Gasteiger partial charge on any atom is -0.379 e. The van der Waals surface area contributed by atoms with Crippen LogP contribution in [-0.2, 0) is 17.7 Å². The van der Waals surface area contributed by atoms with Crippen LogP contribution < -0.4 is 5.32 Å². The van der Waals surface area contributed by atoms with Gasteiger partial charge in [0.2, 0.25) is 0 Å². The van der Waals surface area contributed by atoms with E-state index >= 15 is 0 Å². The molecule has 0 saturated carbocycles. The monoisotopic (exact) mass is 453 g/mol. The van der Waals surface area contributed by atoms with Crippen molar-refractivity contribution in [2.45, 2.75) is 19.9 Å². The third-order valence-electron chi connectivity index (χ3n) is 5.60. The maximum absolute atomic E-state index is 5.45. The Morgan fingerprint density at radius 3 is 2.47 bits per heavy atom. The zero-order valence-corrected chi connectivity index (χ0v) is 19.2. The van der Waals surface area contributed by atoms with Gasteiger partial charge in [0, 0.05) is 44.1 Å². The highest BCUT2D eigenvalue weighted by atomic mass is 16.5. The predicted octanol–water partition coefficient (Wildman–Crippen LogP) is 3.80. The van der Waals surface area contributed by atoms with E-state index in [1.165, 1.54) is 11.1 Å². The molecule has 0 amide bonds. The number of pyridine rings is 1. The molecule has 0 aliphatic carbocycles. The number of rotatable bonds is 7. The van der Waals surface area contributed by atoms with Crippen molar-refractivity contribution in [1.82, 2.24) is 29.8 Å². The number of hydrogen-bond acceptors (Lipinski definition) is 8. The summed E-state index contributed by atoms with van der Waals surface area (Å²) in [6.45, 7) is 6.46. The Hall–Kier alpha value is -3.75. The molecule has 3 aromatic heterocycles. The summed E-state index contributed by atoms with van der Waals surface area (Å²) in [6.07, 6.45) is 4.15. The summed E-state index contributed by atoms with van der Waals surface area (Å²) in [4.78, 5) is 25.1. The molecule has 1 fully saturated rings. The fourth-order valence-corrected chi connectivity index (χ4v) is 3.94. The van der Waals surface area contributed by atoms with Gasteiger partial charge in [-0.25, -0.2) is 24.9 Å². The van der Waals surface area contributed by atoms with Gasteiger partial charge in [-0.15, -0.1) is 0 Å². The molecule has 34 heavy (non-hydrogen) atoms. The summed E-state index contributed by atoms with van der Waals surface area (Å²) < 4.78 is 5.45. The molecule has 0 radical (unpaired) electrons. The summed E-state index contributed by atoms with van der Waals surface area (Å²) in [6, 6.07) is 18.1. The summed E-state index contributed by atoms with van der Waals surface area (Å²) >= 11 is 0. The van der Waals surface area contributed by atoms with Gasteiger partial charge in [-0.3, -0.25) is 4.90 Å². The molecule has 8 heteroatoms. The van der Waals surface area contributed by atoms with E-state index in [4.69, 9.17) is 9.72 Å². The first-order valence-electron chi connectivity index (χ1n) is 11.5. The average Bonchev–Trinajstić information content (AvgIpc) is 2.85. The number of nitrogens with zero attached hydrogens (tertiary/aromatic N) is 6. The van der Waals surface area contributed by atoms with Crippen LogP contribution in [0, 0.1) is 6.92 Å². The molecule has 0 atom stereocenters. The Bertz CT molecular complexity index is 1260. The topological polar surface area (TPSA) is 89.0 Å². The van der Waals surface area contributed by atoms with E-state index in [2.05, 4.69) is 54.4 Å². The van der Waals surface area contributed by atoms with Crippen molar-refractivity contribution >= 4 is 11.6 Å². The molecule has 1 N–H and O–H groups in total. The molecular formula is C26H27N7O. The summed E-state index contributed by atoms with van der Waals surface area (Å²) in [5, 5.41) is 3.27. The second kappa shape index (κ2) is 10.5. The van der Waals surface area contributed by atoms with Crippen LogP contribution >= 0.6 is 0 Å². The van der Waals surface area contributed by atoms with Crippen molar-refractivity contribution in [3.8, 4) is 11.5 Å². The van der Waals surface area contributed by atoms with Gasteiger partial charge in [0.15, 0.2) is 5.82 Å². The average molecular weight is 454 g/mol. The number of hydrogen-bond donors (Lipinski definition) is 1. The van der Waals surface area contributed by atoms with Crippen molar-refractivity contribution in [3.05, 3.63) is 89.6 Å². The maximum atomic E-state index is 5.45. The molecule has 172 valence electrons. The van der Waals surface area contributed by atoms with Gasteiger partial charge in [-0.1, -0.05) is 30.3 Å². The summed E-state index contributed by atoms with van der Waals surface area (Å²) in [5.41, 5.74) is 4.16. The van der Waals surface area contributed by atoms with Gasteiger partial charge in [-0.05, 0) is 42.3 Å². The van der Waals surface area contributed by atoms with Crippen molar-refractivity contribution in [2.24, 2.45) is 0 Å². The largest absolute Gasteiger partial charge is 0.379 e.